The number of carbonyl (C=O) groups excluding carboxylic acids is 2. The third kappa shape index (κ3) is 5.35. The number of anilines is 1. The maximum atomic E-state index is 12.2. The molecule has 2 aromatic rings. The first kappa shape index (κ1) is 18.5. The van der Waals surface area contributed by atoms with Gasteiger partial charge in [-0.1, -0.05) is 29.8 Å². The summed E-state index contributed by atoms with van der Waals surface area (Å²) in [5, 5.41) is 2.79. The van der Waals surface area contributed by atoms with Gasteiger partial charge in [-0.05, 0) is 50.1 Å². The number of hydrogen-bond acceptors (Lipinski definition) is 4. The van der Waals surface area contributed by atoms with Crippen molar-refractivity contribution in [3.8, 4) is 5.75 Å². The van der Waals surface area contributed by atoms with Crippen LogP contribution in [0.2, 0.25) is 0 Å². The molecule has 1 unspecified atom stereocenters. The fraction of sp³-hybridized carbons (Fsp3) is 0.300. The van der Waals surface area contributed by atoms with E-state index in [9.17, 15) is 9.59 Å². The molecule has 0 aliphatic carbocycles. The molecule has 1 amide bonds. The fourth-order valence-electron chi connectivity index (χ4n) is 2.39. The number of esters is 1. The maximum Gasteiger partial charge on any atom is 0.311 e. The minimum atomic E-state index is -0.869. The third-order valence-electron chi connectivity index (χ3n) is 3.82. The standard InChI is InChI=1S/C20H23NO4/c1-13-5-10-18(14(2)11-13)21-20(23)15(3)25-19(22)12-16-6-8-17(24-4)9-7-16/h5-11,15H,12H2,1-4H3,(H,21,23). The Morgan fingerprint density at radius 1 is 1.08 bits per heavy atom. The summed E-state index contributed by atoms with van der Waals surface area (Å²) >= 11 is 0. The SMILES string of the molecule is COc1ccc(CC(=O)OC(C)C(=O)Nc2ccc(C)cc2C)cc1. The Morgan fingerprint density at radius 2 is 1.76 bits per heavy atom. The highest BCUT2D eigenvalue weighted by molar-refractivity contribution is 5.95. The van der Waals surface area contributed by atoms with Gasteiger partial charge in [0.15, 0.2) is 6.10 Å². The van der Waals surface area contributed by atoms with Gasteiger partial charge in [0.1, 0.15) is 5.75 Å². The smallest absolute Gasteiger partial charge is 0.311 e. The van der Waals surface area contributed by atoms with Crippen molar-refractivity contribution in [3.63, 3.8) is 0 Å². The fourth-order valence-corrected chi connectivity index (χ4v) is 2.39. The van der Waals surface area contributed by atoms with Crippen LogP contribution in [0.25, 0.3) is 0 Å². The molecule has 1 N–H and O–H groups in total. The molecular weight excluding hydrogens is 318 g/mol. The summed E-state index contributed by atoms with van der Waals surface area (Å²) in [6, 6.07) is 12.9. The Balaban J connectivity index is 1.89. The monoisotopic (exact) mass is 341 g/mol. The second kappa shape index (κ2) is 8.33. The van der Waals surface area contributed by atoms with Gasteiger partial charge in [0.25, 0.3) is 5.91 Å². The Hall–Kier alpha value is -2.82. The van der Waals surface area contributed by atoms with Crippen LogP contribution in [0.15, 0.2) is 42.5 Å². The molecular formula is C20H23NO4. The molecule has 0 radical (unpaired) electrons. The van der Waals surface area contributed by atoms with Crippen LogP contribution in [-0.4, -0.2) is 25.1 Å². The highest BCUT2D eigenvalue weighted by atomic mass is 16.5. The minimum Gasteiger partial charge on any atom is -0.497 e. The summed E-state index contributed by atoms with van der Waals surface area (Å²) in [6.45, 7) is 5.47. The molecule has 1 atom stereocenters. The molecule has 0 fully saturated rings. The van der Waals surface area contributed by atoms with Gasteiger partial charge in [0, 0.05) is 5.69 Å². The number of carbonyl (C=O) groups is 2. The zero-order valence-electron chi connectivity index (χ0n) is 15.0. The van der Waals surface area contributed by atoms with Gasteiger partial charge < -0.3 is 14.8 Å². The van der Waals surface area contributed by atoms with Crippen LogP contribution >= 0.6 is 0 Å². The first-order valence-corrected chi connectivity index (χ1v) is 8.09. The lowest BCUT2D eigenvalue weighted by Gasteiger charge is -2.15. The molecule has 0 saturated carbocycles. The van der Waals surface area contributed by atoms with E-state index < -0.39 is 12.1 Å². The average Bonchev–Trinajstić information content (AvgIpc) is 2.57. The second-order valence-electron chi connectivity index (χ2n) is 5.96. The maximum absolute atomic E-state index is 12.2. The molecule has 2 aromatic carbocycles. The molecule has 0 aliphatic heterocycles. The van der Waals surface area contributed by atoms with Crippen LogP contribution in [0.4, 0.5) is 5.69 Å². The van der Waals surface area contributed by atoms with Gasteiger partial charge in [-0.3, -0.25) is 9.59 Å². The highest BCUT2D eigenvalue weighted by Crippen LogP contribution is 2.17. The summed E-state index contributed by atoms with van der Waals surface area (Å²) in [6.07, 6.45) is -0.767. The van der Waals surface area contributed by atoms with Crippen molar-refractivity contribution in [1.29, 1.82) is 0 Å². The van der Waals surface area contributed by atoms with E-state index in [0.717, 1.165) is 22.4 Å². The molecule has 25 heavy (non-hydrogen) atoms. The number of methoxy groups -OCH3 is 1. The number of rotatable bonds is 6. The number of aryl methyl sites for hydroxylation is 2. The van der Waals surface area contributed by atoms with Crippen LogP contribution in [0.5, 0.6) is 5.75 Å². The molecule has 5 heteroatoms. The first-order chi connectivity index (χ1) is 11.9. The van der Waals surface area contributed by atoms with Crippen LogP contribution in [0.1, 0.15) is 23.6 Å². The molecule has 5 nitrogen and oxygen atoms in total. The average molecular weight is 341 g/mol. The van der Waals surface area contributed by atoms with Gasteiger partial charge in [-0.15, -0.1) is 0 Å². The van der Waals surface area contributed by atoms with E-state index in [1.54, 1.807) is 38.3 Å². The molecule has 132 valence electrons. The Bertz CT molecular complexity index is 753. The number of benzene rings is 2. The normalized spacial score (nSPS) is 11.5. The Kier molecular flexibility index (Phi) is 6.17. The van der Waals surface area contributed by atoms with Crippen LogP contribution in [0.3, 0.4) is 0 Å². The van der Waals surface area contributed by atoms with Crippen molar-refractivity contribution in [2.45, 2.75) is 33.3 Å². The van der Waals surface area contributed by atoms with E-state index in [-0.39, 0.29) is 12.3 Å². The van der Waals surface area contributed by atoms with E-state index >= 15 is 0 Å². The van der Waals surface area contributed by atoms with Gasteiger partial charge in [-0.2, -0.15) is 0 Å². The Morgan fingerprint density at radius 3 is 2.36 bits per heavy atom. The molecule has 0 aliphatic rings. The number of ether oxygens (including phenoxy) is 2. The molecule has 0 spiro atoms. The lowest BCUT2D eigenvalue weighted by Crippen LogP contribution is -2.30. The van der Waals surface area contributed by atoms with Gasteiger partial charge >= 0.3 is 5.97 Å². The van der Waals surface area contributed by atoms with Crippen LogP contribution in [-0.2, 0) is 20.7 Å². The molecule has 2 rings (SSSR count). The Labute approximate surface area is 148 Å². The summed E-state index contributed by atoms with van der Waals surface area (Å²) in [5.74, 6) is -0.0817. The van der Waals surface area contributed by atoms with Crippen molar-refractivity contribution in [2.75, 3.05) is 12.4 Å². The van der Waals surface area contributed by atoms with Gasteiger partial charge in [0.05, 0.1) is 13.5 Å². The number of nitrogens with one attached hydrogen (secondary N) is 1. The van der Waals surface area contributed by atoms with Crippen molar-refractivity contribution >= 4 is 17.6 Å². The lowest BCUT2D eigenvalue weighted by atomic mass is 10.1. The van der Waals surface area contributed by atoms with Crippen LogP contribution < -0.4 is 10.1 Å². The highest BCUT2D eigenvalue weighted by Gasteiger charge is 2.18. The van der Waals surface area contributed by atoms with Crippen molar-refractivity contribution in [1.82, 2.24) is 0 Å². The first-order valence-electron chi connectivity index (χ1n) is 8.09. The quantitative estimate of drug-likeness (QED) is 0.818. The second-order valence-corrected chi connectivity index (χ2v) is 5.96. The largest absolute Gasteiger partial charge is 0.497 e. The van der Waals surface area contributed by atoms with E-state index in [2.05, 4.69) is 5.32 Å². The van der Waals surface area contributed by atoms with Crippen LogP contribution in [0, 0.1) is 13.8 Å². The van der Waals surface area contributed by atoms with E-state index in [1.807, 2.05) is 32.0 Å². The predicted molar refractivity (Wildman–Crippen MR) is 96.8 cm³/mol. The summed E-state index contributed by atoms with van der Waals surface area (Å²) in [7, 11) is 1.58. The van der Waals surface area contributed by atoms with Crippen molar-refractivity contribution in [3.05, 3.63) is 59.2 Å². The minimum absolute atomic E-state index is 0.102. The van der Waals surface area contributed by atoms with E-state index in [1.165, 1.54) is 0 Å². The number of hydrogen-bond donors (Lipinski definition) is 1. The predicted octanol–water partition coefficient (Wildman–Crippen LogP) is 3.42. The molecule has 0 bridgehead atoms. The van der Waals surface area contributed by atoms with Crippen molar-refractivity contribution < 1.29 is 19.1 Å². The number of amides is 1. The third-order valence-corrected chi connectivity index (χ3v) is 3.82. The summed E-state index contributed by atoms with van der Waals surface area (Å²) in [4.78, 5) is 24.2. The molecule has 0 aromatic heterocycles. The van der Waals surface area contributed by atoms with Gasteiger partial charge in [-0.25, -0.2) is 0 Å². The topological polar surface area (TPSA) is 64.6 Å². The molecule has 0 heterocycles. The lowest BCUT2D eigenvalue weighted by molar-refractivity contribution is -0.152. The summed E-state index contributed by atoms with van der Waals surface area (Å²) < 4.78 is 10.3. The van der Waals surface area contributed by atoms with E-state index in [4.69, 9.17) is 9.47 Å². The van der Waals surface area contributed by atoms with Gasteiger partial charge in [0.2, 0.25) is 0 Å². The van der Waals surface area contributed by atoms with E-state index in [0.29, 0.717) is 5.69 Å². The van der Waals surface area contributed by atoms with Crippen molar-refractivity contribution in [2.24, 2.45) is 0 Å². The molecule has 0 saturated heterocycles. The zero-order chi connectivity index (χ0) is 18.4. The summed E-state index contributed by atoms with van der Waals surface area (Å²) in [5.41, 5.74) is 3.60. The zero-order valence-corrected chi connectivity index (χ0v) is 15.0.